The number of sulfonamides is 1. The van der Waals surface area contributed by atoms with E-state index < -0.39 is 10.0 Å². The Hall–Kier alpha value is -1.93. The average molecular weight is 478 g/mol. The van der Waals surface area contributed by atoms with Gasteiger partial charge in [-0.25, -0.2) is 13.1 Å². The largest absolute Gasteiger partial charge is 0.355 e. The maximum Gasteiger partial charge on any atom is 0.240 e. The molecule has 1 saturated heterocycles. The van der Waals surface area contributed by atoms with Crippen molar-refractivity contribution in [2.45, 2.75) is 50.0 Å². The summed E-state index contributed by atoms with van der Waals surface area (Å²) >= 11 is 5.84. The molecule has 0 aromatic heterocycles. The number of hydrogen-bond acceptors (Lipinski definition) is 4. The Morgan fingerprint density at radius 3 is 2.28 bits per heavy atom. The maximum atomic E-state index is 12.5. The Morgan fingerprint density at radius 2 is 1.69 bits per heavy atom. The summed E-state index contributed by atoms with van der Waals surface area (Å²) in [5, 5.41) is 3.49. The van der Waals surface area contributed by atoms with Crippen molar-refractivity contribution in [3.05, 3.63) is 64.7 Å². The highest BCUT2D eigenvalue weighted by Crippen LogP contribution is 2.17. The summed E-state index contributed by atoms with van der Waals surface area (Å²) in [7, 11) is -3.57. The molecule has 2 aromatic carbocycles. The predicted molar refractivity (Wildman–Crippen MR) is 128 cm³/mol. The molecule has 0 aliphatic carbocycles. The van der Waals surface area contributed by atoms with Crippen molar-refractivity contribution in [3.63, 3.8) is 0 Å². The van der Waals surface area contributed by atoms with Crippen LogP contribution in [0.2, 0.25) is 5.02 Å². The van der Waals surface area contributed by atoms with Crippen molar-refractivity contribution < 1.29 is 13.2 Å². The Balaban J connectivity index is 1.37. The van der Waals surface area contributed by atoms with Gasteiger partial charge < -0.3 is 5.32 Å². The Labute approximate surface area is 196 Å². The molecule has 0 saturated carbocycles. The van der Waals surface area contributed by atoms with Gasteiger partial charge in [-0.05, 0) is 60.6 Å². The zero-order valence-electron chi connectivity index (χ0n) is 18.7. The molecule has 2 N–H and O–H groups in total. The first-order chi connectivity index (χ1) is 15.2. The number of halogens is 1. The summed E-state index contributed by atoms with van der Waals surface area (Å²) in [4.78, 5) is 14.6. The van der Waals surface area contributed by atoms with E-state index in [1.54, 1.807) is 12.1 Å². The number of hydrogen-bond donors (Lipinski definition) is 2. The summed E-state index contributed by atoms with van der Waals surface area (Å²) < 4.78 is 27.8. The van der Waals surface area contributed by atoms with E-state index in [4.69, 9.17) is 11.6 Å². The molecule has 32 heavy (non-hydrogen) atoms. The Morgan fingerprint density at radius 1 is 1.06 bits per heavy atom. The third-order valence-electron chi connectivity index (χ3n) is 5.78. The Kier molecular flexibility index (Phi) is 8.71. The van der Waals surface area contributed by atoms with Gasteiger partial charge in [0.15, 0.2) is 0 Å². The molecule has 0 atom stereocenters. The minimum Gasteiger partial charge on any atom is -0.355 e. The first-order valence-corrected chi connectivity index (χ1v) is 12.9. The first kappa shape index (κ1) is 24.7. The lowest BCUT2D eigenvalue weighted by Crippen LogP contribution is -2.47. The summed E-state index contributed by atoms with van der Waals surface area (Å²) in [6.07, 6.45) is 2.14. The number of rotatable bonds is 9. The van der Waals surface area contributed by atoms with Gasteiger partial charge in [-0.1, -0.05) is 49.7 Å². The molecule has 0 bridgehead atoms. The molecule has 3 rings (SSSR count). The van der Waals surface area contributed by atoms with E-state index in [0.717, 1.165) is 6.42 Å². The third kappa shape index (κ3) is 7.30. The average Bonchev–Trinajstić information content (AvgIpc) is 2.75. The van der Waals surface area contributed by atoms with E-state index >= 15 is 0 Å². The molecule has 1 amide bonds. The summed E-state index contributed by atoms with van der Waals surface area (Å²) in [6, 6.07) is 14.5. The lowest BCUT2D eigenvalue weighted by molar-refractivity contribution is -0.122. The van der Waals surface area contributed by atoms with E-state index in [0.29, 0.717) is 50.0 Å². The number of nitrogens with zero attached hydrogens (tertiary/aromatic N) is 1. The lowest BCUT2D eigenvalue weighted by Gasteiger charge is -2.31. The van der Waals surface area contributed by atoms with E-state index in [2.05, 4.69) is 53.1 Å². The van der Waals surface area contributed by atoms with Crippen LogP contribution in [-0.4, -0.2) is 51.4 Å². The van der Waals surface area contributed by atoms with Crippen molar-refractivity contribution in [2.75, 3.05) is 26.2 Å². The normalized spacial score (nSPS) is 15.8. The number of nitrogens with one attached hydrogen (secondary N) is 2. The molecule has 1 aliphatic heterocycles. The lowest BCUT2D eigenvalue weighted by atomic mass is 10.0. The third-order valence-corrected chi connectivity index (χ3v) is 7.57. The van der Waals surface area contributed by atoms with Crippen LogP contribution in [0.15, 0.2) is 53.4 Å². The molecule has 8 heteroatoms. The van der Waals surface area contributed by atoms with Gasteiger partial charge in [0.1, 0.15) is 0 Å². The van der Waals surface area contributed by atoms with Crippen LogP contribution in [0.1, 0.15) is 43.7 Å². The van der Waals surface area contributed by atoms with Gasteiger partial charge >= 0.3 is 0 Å². The predicted octanol–water partition coefficient (Wildman–Crippen LogP) is 3.57. The summed E-state index contributed by atoms with van der Waals surface area (Å²) in [5.74, 6) is 0.518. The number of benzene rings is 2. The van der Waals surface area contributed by atoms with Gasteiger partial charge in [-0.3, -0.25) is 9.69 Å². The zero-order valence-corrected chi connectivity index (χ0v) is 20.3. The second-order valence-corrected chi connectivity index (χ2v) is 10.8. The number of likely N-dealkylation sites (tertiary alicyclic amines) is 1. The van der Waals surface area contributed by atoms with Crippen LogP contribution in [-0.2, 0) is 21.2 Å². The fourth-order valence-electron chi connectivity index (χ4n) is 3.78. The van der Waals surface area contributed by atoms with Crippen molar-refractivity contribution in [2.24, 2.45) is 0 Å². The van der Waals surface area contributed by atoms with Crippen LogP contribution in [0.3, 0.4) is 0 Å². The van der Waals surface area contributed by atoms with Crippen molar-refractivity contribution in [1.82, 2.24) is 14.9 Å². The fourth-order valence-corrected chi connectivity index (χ4v) is 5.22. The minimum absolute atomic E-state index is 0.00370. The van der Waals surface area contributed by atoms with Crippen LogP contribution in [0.4, 0.5) is 0 Å². The zero-order chi connectivity index (χ0) is 23.1. The fraction of sp³-hybridized carbons (Fsp3) is 0.458. The van der Waals surface area contributed by atoms with E-state index in [1.165, 1.54) is 23.3 Å². The monoisotopic (exact) mass is 477 g/mol. The summed E-state index contributed by atoms with van der Waals surface area (Å²) in [6.45, 7) is 6.65. The summed E-state index contributed by atoms with van der Waals surface area (Å²) in [5.41, 5.74) is 2.53. The van der Waals surface area contributed by atoms with Gasteiger partial charge in [0.25, 0.3) is 0 Å². The molecule has 1 heterocycles. The quantitative estimate of drug-likeness (QED) is 0.578. The smallest absolute Gasteiger partial charge is 0.240 e. The molecule has 1 aliphatic rings. The van der Waals surface area contributed by atoms with Crippen molar-refractivity contribution >= 4 is 27.5 Å². The van der Waals surface area contributed by atoms with Crippen LogP contribution < -0.4 is 10.0 Å². The molecule has 0 radical (unpaired) electrons. The van der Waals surface area contributed by atoms with Gasteiger partial charge in [0.2, 0.25) is 15.9 Å². The van der Waals surface area contributed by atoms with Crippen molar-refractivity contribution in [3.8, 4) is 0 Å². The molecular formula is C24H32ClN3O3S. The van der Waals surface area contributed by atoms with Crippen LogP contribution in [0.25, 0.3) is 0 Å². The van der Waals surface area contributed by atoms with E-state index in [9.17, 15) is 13.2 Å². The minimum atomic E-state index is -3.57. The molecule has 1 fully saturated rings. The van der Waals surface area contributed by atoms with E-state index in [-0.39, 0.29) is 16.8 Å². The topological polar surface area (TPSA) is 78.5 Å². The second kappa shape index (κ2) is 11.3. The molecule has 2 aromatic rings. The van der Waals surface area contributed by atoms with Crippen LogP contribution >= 0.6 is 11.6 Å². The molecule has 0 spiro atoms. The molecule has 174 valence electrons. The number of amides is 1. The first-order valence-electron chi connectivity index (χ1n) is 11.1. The van der Waals surface area contributed by atoms with Crippen LogP contribution in [0, 0.1) is 0 Å². The highest BCUT2D eigenvalue weighted by atomic mass is 35.5. The van der Waals surface area contributed by atoms with E-state index in [1.807, 2.05) is 0 Å². The highest BCUT2D eigenvalue weighted by molar-refractivity contribution is 7.89. The molecule has 0 unspecified atom stereocenters. The van der Waals surface area contributed by atoms with Gasteiger partial charge in [0, 0.05) is 30.7 Å². The van der Waals surface area contributed by atoms with Gasteiger partial charge in [0.05, 0.1) is 11.4 Å². The van der Waals surface area contributed by atoms with Crippen LogP contribution in [0.5, 0.6) is 0 Å². The second-order valence-electron chi connectivity index (χ2n) is 8.62. The molecule has 6 nitrogen and oxygen atoms in total. The maximum absolute atomic E-state index is 12.5. The number of piperidine rings is 1. The number of carbonyl (C=O) groups is 1. The Bertz CT molecular complexity index is 984. The highest BCUT2D eigenvalue weighted by Gasteiger charge is 2.25. The SMILES string of the molecule is CC(C)c1ccc(CCNC(=O)CN2CCC(NS(=O)(=O)c3ccc(Cl)cc3)CC2)cc1. The standard InChI is InChI=1S/C24H32ClN3O3S/c1-18(2)20-5-3-19(4-6-20)11-14-26-24(29)17-28-15-12-22(13-16-28)27-32(30,31)23-9-7-21(25)8-10-23/h3-10,18,22,27H,11-17H2,1-2H3,(H,26,29). The van der Waals surface area contributed by atoms with Gasteiger partial charge in [-0.15, -0.1) is 0 Å². The van der Waals surface area contributed by atoms with Crippen molar-refractivity contribution in [1.29, 1.82) is 0 Å². The molecular weight excluding hydrogens is 446 g/mol. The number of carbonyl (C=O) groups excluding carboxylic acids is 1. The van der Waals surface area contributed by atoms with Gasteiger partial charge in [-0.2, -0.15) is 0 Å².